The normalized spacial score (nSPS) is 11.8. The predicted molar refractivity (Wildman–Crippen MR) is 120 cm³/mol. The molecule has 0 atom stereocenters. The molecule has 182 valence electrons. The van der Waals surface area contributed by atoms with Crippen LogP contribution < -0.4 is 5.43 Å². The first-order valence-corrected chi connectivity index (χ1v) is 9.38. The molecule has 0 fully saturated rings. The monoisotopic (exact) mass is 488 g/mol. The van der Waals surface area contributed by atoms with E-state index in [0.717, 1.165) is 24.3 Å². The van der Waals surface area contributed by atoms with Gasteiger partial charge in [-0.05, 0) is 12.1 Å². The molecule has 2 rings (SSSR count). The lowest BCUT2D eigenvalue weighted by atomic mass is 9.90. The number of Topliss-reactive ketones (excluding diaryl/α,β-unsaturated/α-hetero) is 1. The van der Waals surface area contributed by atoms with Gasteiger partial charge in [0, 0.05) is 17.5 Å². The maximum absolute atomic E-state index is 12.8. The first-order valence-electron chi connectivity index (χ1n) is 9.38. The van der Waals surface area contributed by atoms with E-state index in [1.807, 2.05) is 0 Å². The van der Waals surface area contributed by atoms with Crippen LogP contribution in [0, 0.1) is 45.9 Å². The largest absolute Gasteiger partial charge is 0.303 e. The van der Waals surface area contributed by atoms with Crippen molar-refractivity contribution in [2.45, 2.75) is 20.8 Å². The van der Waals surface area contributed by atoms with Gasteiger partial charge in [0.1, 0.15) is 5.69 Å². The van der Waals surface area contributed by atoms with Crippen LogP contribution in [0.25, 0.3) is 0 Å². The number of nitrogens with one attached hydrogen (secondary N) is 1. The molecule has 17 heteroatoms. The number of nitro benzene ring substituents is 4. The molecular formula is C18H16N8O9. The molecule has 35 heavy (non-hydrogen) atoms. The van der Waals surface area contributed by atoms with Crippen LogP contribution in [-0.2, 0) is 4.79 Å². The number of rotatable bonds is 8. The minimum atomic E-state index is -1.08. The maximum Gasteiger partial charge on any atom is 0.303 e. The van der Waals surface area contributed by atoms with Crippen molar-refractivity contribution < 1.29 is 24.5 Å². The second-order valence-electron chi connectivity index (χ2n) is 7.73. The summed E-state index contributed by atoms with van der Waals surface area (Å²) in [5.41, 5.74) is -2.17. The zero-order valence-electron chi connectivity index (χ0n) is 18.3. The number of amidine groups is 1. The van der Waals surface area contributed by atoms with Crippen molar-refractivity contribution in [2.75, 3.05) is 5.43 Å². The summed E-state index contributed by atoms with van der Waals surface area (Å²) < 4.78 is 0. The maximum atomic E-state index is 12.8. The number of nitrogens with zero attached hydrogens (tertiary/aromatic N) is 7. The molecule has 1 N–H and O–H groups in total. The van der Waals surface area contributed by atoms with Gasteiger partial charge >= 0.3 is 11.4 Å². The average Bonchev–Trinajstić information content (AvgIpc) is 2.77. The molecule has 0 spiro atoms. The van der Waals surface area contributed by atoms with Crippen LogP contribution in [0.4, 0.5) is 34.1 Å². The van der Waals surface area contributed by atoms with Gasteiger partial charge in [-0.25, -0.2) is 0 Å². The molecule has 2 aromatic carbocycles. The highest BCUT2D eigenvalue weighted by Crippen LogP contribution is 2.32. The summed E-state index contributed by atoms with van der Waals surface area (Å²) in [6.45, 7) is 4.51. The molecule has 0 saturated carbocycles. The lowest BCUT2D eigenvalue weighted by Gasteiger charge is -2.15. The third-order valence-corrected chi connectivity index (χ3v) is 4.17. The second-order valence-corrected chi connectivity index (χ2v) is 7.73. The number of hydrogen-bond donors (Lipinski definition) is 1. The predicted octanol–water partition coefficient (Wildman–Crippen LogP) is 4.44. The number of carbonyl (C=O) groups is 1. The number of ketones is 1. The van der Waals surface area contributed by atoms with Crippen molar-refractivity contribution in [3.8, 4) is 0 Å². The summed E-state index contributed by atoms with van der Waals surface area (Å²) in [6.07, 6.45) is 0. The SMILES string of the molecule is CC(C)(C)C(=O)C(N=Nc1ccc([N+](=O)[O-])cc1[N+](=O)[O-])=NNc1ccc([N+](=O)[O-])cc1[N+](=O)[O-]. The van der Waals surface area contributed by atoms with Gasteiger partial charge in [0.2, 0.25) is 11.6 Å². The molecule has 2 aromatic rings. The van der Waals surface area contributed by atoms with Crippen LogP contribution in [0.5, 0.6) is 0 Å². The summed E-state index contributed by atoms with van der Waals surface area (Å²) in [5.74, 6) is -1.36. The number of nitro groups is 4. The van der Waals surface area contributed by atoms with E-state index in [9.17, 15) is 45.3 Å². The van der Waals surface area contributed by atoms with E-state index >= 15 is 0 Å². The van der Waals surface area contributed by atoms with Crippen molar-refractivity contribution in [3.05, 3.63) is 76.9 Å². The second kappa shape index (κ2) is 10.1. The Kier molecular flexibility index (Phi) is 7.55. The van der Waals surface area contributed by atoms with Gasteiger partial charge in [-0.15, -0.1) is 15.3 Å². The van der Waals surface area contributed by atoms with E-state index < -0.39 is 65.2 Å². The first-order chi connectivity index (χ1) is 16.2. The fourth-order valence-corrected chi connectivity index (χ4v) is 2.40. The van der Waals surface area contributed by atoms with Crippen LogP contribution in [0.1, 0.15) is 20.8 Å². The van der Waals surface area contributed by atoms with Crippen molar-refractivity contribution in [3.63, 3.8) is 0 Å². The molecule has 0 aromatic heterocycles. The molecule has 0 amide bonds. The fraction of sp³-hybridized carbons (Fsp3) is 0.222. The van der Waals surface area contributed by atoms with Gasteiger partial charge in [-0.1, -0.05) is 20.8 Å². The van der Waals surface area contributed by atoms with Gasteiger partial charge in [-0.2, -0.15) is 0 Å². The zero-order chi connectivity index (χ0) is 26.5. The summed E-state index contributed by atoms with van der Waals surface area (Å²) in [4.78, 5) is 53.6. The molecule has 0 saturated heterocycles. The standard InChI is InChI=1S/C18H16N8O9/c1-18(2,3)16(27)17(21-19-12-6-4-10(23(28)29)8-14(12)25(32)33)22-20-13-7-5-11(24(30)31)9-15(13)26(34)35/h4-9,19H,1-3H3. The van der Waals surface area contributed by atoms with Gasteiger partial charge < -0.3 is 0 Å². The Labute approximate surface area is 194 Å². The highest BCUT2D eigenvalue weighted by Gasteiger charge is 2.28. The van der Waals surface area contributed by atoms with E-state index in [2.05, 4.69) is 20.8 Å². The molecule has 0 heterocycles. The Bertz CT molecular complexity index is 1300. The number of benzene rings is 2. The molecule has 0 aliphatic carbocycles. The molecule has 0 aliphatic rings. The molecule has 0 bridgehead atoms. The Morgan fingerprint density at radius 1 is 0.800 bits per heavy atom. The first kappa shape index (κ1) is 26.0. The Morgan fingerprint density at radius 2 is 1.31 bits per heavy atom. The molecular weight excluding hydrogens is 472 g/mol. The molecule has 0 aliphatic heterocycles. The zero-order valence-corrected chi connectivity index (χ0v) is 18.3. The molecule has 17 nitrogen and oxygen atoms in total. The summed E-state index contributed by atoms with van der Waals surface area (Å²) >= 11 is 0. The van der Waals surface area contributed by atoms with Gasteiger partial charge in [0.15, 0.2) is 5.69 Å². The third kappa shape index (κ3) is 6.40. The molecule has 0 radical (unpaired) electrons. The Morgan fingerprint density at radius 3 is 1.80 bits per heavy atom. The van der Waals surface area contributed by atoms with Crippen molar-refractivity contribution >= 4 is 45.7 Å². The number of hydrogen-bond acceptors (Lipinski definition) is 12. The number of carbonyl (C=O) groups excluding carboxylic acids is 1. The van der Waals surface area contributed by atoms with Crippen molar-refractivity contribution in [2.24, 2.45) is 20.7 Å². The van der Waals surface area contributed by atoms with Crippen molar-refractivity contribution in [1.82, 2.24) is 0 Å². The van der Waals surface area contributed by atoms with E-state index in [1.54, 1.807) is 0 Å². The lowest BCUT2D eigenvalue weighted by molar-refractivity contribution is -0.393. The minimum absolute atomic E-state index is 0.309. The highest BCUT2D eigenvalue weighted by atomic mass is 16.6. The summed E-state index contributed by atoms with van der Waals surface area (Å²) in [7, 11) is 0. The van der Waals surface area contributed by atoms with E-state index in [-0.39, 0.29) is 5.69 Å². The topological polar surface area (TPSA) is 239 Å². The number of anilines is 1. The Hall–Kier alpha value is -5.22. The smallest absolute Gasteiger partial charge is 0.290 e. The van der Waals surface area contributed by atoms with Crippen LogP contribution >= 0.6 is 0 Å². The molecule has 0 unspecified atom stereocenters. The minimum Gasteiger partial charge on any atom is -0.290 e. The average molecular weight is 488 g/mol. The van der Waals surface area contributed by atoms with Crippen LogP contribution in [0.3, 0.4) is 0 Å². The van der Waals surface area contributed by atoms with Gasteiger partial charge in [-0.3, -0.25) is 50.7 Å². The van der Waals surface area contributed by atoms with E-state index in [0.29, 0.717) is 12.1 Å². The Balaban J connectivity index is 2.54. The van der Waals surface area contributed by atoms with Crippen LogP contribution in [0.2, 0.25) is 0 Å². The van der Waals surface area contributed by atoms with Gasteiger partial charge in [0.05, 0.1) is 31.8 Å². The fourth-order valence-electron chi connectivity index (χ4n) is 2.40. The van der Waals surface area contributed by atoms with Crippen LogP contribution in [0.15, 0.2) is 51.7 Å². The van der Waals surface area contributed by atoms with Crippen molar-refractivity contribution in [1.29, 1.82) is 0 Å². The third-order valence-electron chi connectivity index (χ3n) is 4.17. The highest BCUT2D eigenvalue weighted by molar-refractivity contribution is 6.40. The number of hydrazone groups is 1. The van der Waals surface area contributed by atoms with E-state index in [1.165, 1.54) is 20.8 Å². The lowest BCUT2D eigenvalue weighted by Crippen LogP contribution is -2.28. The van der Waals surface area contributed by atoms with Gasteiger partial charge in [0.25, 0.3) is 11.4 Å². The van der Waals surface area contributed by atoms with E-state index in [4.69, 9.17) is 0 Å². The summed E-state index contributed by atoms with van der Waals surface area (Å²) in [6, 6.07) is 5.21. The number of azo groups is 1. The quantitative estimate of drug-likeness (QED) is 0.180. The summed E-state index contributed by atoms with van der Waals surface area (Å²) in [5, 5.41) is 55.3. The number of non-ortho nitro benzene ring substituents is 2. The van der Waals surface area contributed by atoms with Crippen LogP contribution in [-0.4, -0.2) is 31.3 Å².